The van der Waals surface area contributed by atoms with Crippen LogP contribution in [0.15, 0.2) is 35.8 Å². The minimum atomic E-state index is -0.524. The number of aromatic nitrogens is 1. The molecule has 5 nitrogen and oxygen atoms in total. The topological polar surface area (TPSA) is 85.1 Å². The van der Waals surface area contributed by atoms with Crippen LogP contribution in [0.4, 0.5) is 4.39 Å². The van der Waals surface area contributed by atoms with Crippen molar-refractivity contribution in [2.24, 2.45) is 11.7 Å². The number of rotatable bonds is 8. The van der Waals surface area contributed by atoms with Crippen molar-refractivity contribution in [3.63, 3.8) is 0 Å². The summed E-state index contributed by atoms with van der Waals surface area (Å²) in [5, 5.41) is 5.48. The van der Waals surface area contributed by atoms with Gasteiger partial charge in [-0.05, 0) is 24.1 Å². The van der Waals surface area contributed by atoms with Crippen LogP contribution in [-0.4, -0.2) is 23.3 Å². The summed E-state index contributed by atoms with van der Waals surface area (Å²) in [5.41, 5.74) is 6.18. The molecule has 0 saturated heterocycles. The lowest BCUT2D eigenvalue weighted by molar-refractivity contribution is -0.123. The maximum Gasteiger partial charge on any atom is 0.222 e. The van der Waals surface area contributed by atoms with Gasteiger partial charge in [0, 0.05) is 31.0 Å². The second-order valence-corrected chi connectivity index (χ2v) is 6.14. The molecule has 2 rings (SSSR count). The monoisotopic (exact) mass is 335 g/mol. The quantitative estimate of drug-likeness (QED) is 0.769. The third kappa shape index (κ3) is 5.78. The maximum absolute atomic E-state index is 12.9. The average molecular weight is 335 g/mol. The van der Waals surface area contributed by atoms with E-state index in [0.29, 0.717) is 19.3 Å². The minimum absolute atomic E-state index is 0.148. The summed E-state index contributed by atoms with van der Waals surface area (Å²) >= 11 is 1.50. The summed E-state index contributed by atoms with van der Waals surface area (Å²) in [4.78, 5) is 27.5. The van der Waals surface area contributed by atoms with E-state index in [1.807, 2.05) is 5.38 Å². The molecule has 0 bridgehead atoms. The fourth-order valence-electron chi connectivity index (χ4n) is 2.10. The van der Waals surface area contributed by atoms with Crippen LogP contribution >= 0.6 is 11.3 Å². The van der Waals surface area contributed by atoms with E-state index in [-0.39, 0.29) is 18.3 Å². The van der Waals surface area contributed by atoms with Crippen LogP contribution < -0.4 is 11.1 Å². The predicted octanol–water partition coefficient (Wildman–Crippen LogP) is 1.68. The molecule has 0 saturated carbocycles. The highest BCUT2D eigenvalue weighted by atomic mass is 32.1. The van der Waals surface area contributed by atoms with E-state index in [1.165, 1.54) is 23.5 Å². The first-order valence-electron chi connectivity index (χ1n) is 7.23. The van der Waals surface area contributed by atoms with E-state index >= 15 is 0 Å². The molecule has 1 aromatic heterocycles. The number of nitrogens with two attached hydrogens (primary N) is 1. The number of primary amides is 1. The number of aryl methyl sites for hydroxylation is 1. The van der Waals surface area contributed by atoms with Gasteiger partial charge in [0.15, 0.2) is 0 Å². The van der Waals surface area contributed by atoms with Crippen LogP contribution in [0.3, 0.4) is 0 Å². The number of carbonyl (C=O) groups excluding carboxylic acids is 2. The lowest BCUT2D eigenvalue weighted by Gasteiger charge is -2.14. The first-order valence-corrected chi connectivity index (χ1v) is 8.11. The Balaban J connectivity index is 1.80. The molecule has 0 spiro atoms. The number of hydrogen-bond acceptors (Lipinski definition) is 4. The van der Waals surface area contributed by atoms with Gasteiger partial charge in [-0.15, -0.1) is 11.3 Å². The molecule has 1 atom stereocenters. The van der Waals surface area contributed by atoms with Gasteiger partial charge >= 0.3 is 0 Å². The number of amides is 2. The van der Waals surface area contributed by atoms with Gasteiger partial charge in [0.05, 0.1) is 10.9 Å². The van der Waals surface area contributed by atoms with Crippen LogP contribution in [0, 0.1) is 11.7 Å². The lowest BCUT2D eigenvalue weighted by atomic mass is 9.98. The van der Waals surface area contributed by atoms with Crippen molar-refractivity contribution in [2.45, 2.75) is 19.3 Å². The Bertz CT molecular complexity index is 644. The smallest absolute Gasteiger partial charge is 0.222 e. The molecule has 3 N–H and O–H groups in total. The number of nitrogens with zero attached hydrogens (tertiary/aromatic N) is 1. The van der Waals surface area contributed by atoms with Gasteiger partial charge in [0.2, 0.25) is 11.8 Å². The molecule has 0 radical (unpaired) electrons. The molecule has 0 aliphatic rings. The molecule has 0 fully saturated rings. The second kappa shape index (κ2) is 8.38. The SMILES string of the molecule is NC(=O)[C@@H](CNC(=O)CCc1nccs1)Cc1ccc(F)cc1. The highest BCUT2D eigenvalue weighted by Crippen LogP contribution is 2.10. The van der Waals surface area contributed by atoms with E-state index in [9.17, 15) is 14.0 Å². The third-order valence-electron chi connectivity index (χ3n) is 3.39. The van der Waals surface area contributed by atoms with Crippen molar-refractivity contribution >= 4 is 23.2 Å². The molecule has 1 aromatic carbocycles. The summed E-state index contributed by atoms with van der Waals surface area (Å²) < 4.78 is 12.9. The van der Waals surface area contributed by atoms with Crippen LogP contribution in [-0.2, 0) is 22.4 Å². The van der Waals surface area contributed by atoms with Crippen molar-refractivity contribution in [3.8, 4) is 0 Å². The Morgan fingerprint density at radius 2 is 2.04 bits per heavy atom. The molecular formula is C16H18FN3O2S. The van der Waals surface area contributed by atoms with Crippen LogP contribution in [0.1, 0.15) is 17.0 Å². The highest BCUT2D eigenvalue weighted by molar-refractivity contribution is 7.09. The molecule has 23 heavy (non-hydrogen) atoms. The minimum Gasteiger partial charge on any atom is -0.369 e. The Labute approximate surface area is 137 Å². The van der Waals surface area contributed by atoms with Gasteiger partial charge in [-0.2, -0.15) is 0 Å². The highest BCUT2D eigenvalue weighted by Gasteiger charge is 2.17. The molecule has 122 valence electrons. The van der Waals surface area contributed by atoms with E-state index < -0.39 is 11.8 Å². The van der Waals surface area contributed by atoms with Crippen molar-refractivity contribution in [2.75, 3.05) is 6.54 Å². The molecule has 0 unspecified atom stereocenters. The number of carbonyl (C=O) groups is 2. The Morgan fingerprint density at radius 3 is 2.65 bits per heavy atom. The van der Waals surface area contributed by atoms with Gasteiger partial charge in [-0.3, -0.25) is 9.59 Å². The molecule has 2 aromatic rings. The Hall–Kier alpha value is -2.28. The largest absolute Gasteiger partial charge is 0.369 e. The second-order valence-electron chi connectivity index (χ2n) is 5.16. The average Bonchev–Trinajstić information content (AvgIpc) is 3.04. The van der Waals surface area contributed by atoms with Crippen molar-refractivity contribution in [1.82, 2.24) is 10.3 Å². The molecule has 0 aliphatic carbocycles. The number of halogens is 1. The first kappa shape index (κ1) is 17.1. The zero-order chi connectivity index (χ0) is 16.7. The van der Waals surface area contributed by atoms with Crippen molar-refractivity contribution in [1.29, 1.82) is 0 Å². The Kier molecular flexibility index (Phi) is 6.22. The van der Waals surface area contributed by atoms with E-state index in [0.717, 1.165) is 10.6 Å². The number of benzene rings is 1. The van der Waals surface area contributed by atoms with Crippen LogP contribution in [0.5, 0.6) is 0 Å². The van der Waals surface area contributed by atoms with Crippen molar-refractivity contribution < 1.29 is 14.0 Å². The van der Waals surface area contributed by atoms with Gasteiger partial charge in [-0.1, -0.05) is 12.1 Å². The zero-order valence-corrected chi connectivity index (χ0v) is 13.3. The summed E-state index contributed by atoms with van der Waals surface area (Å²) in [6, 6.07) is 5.88. The number of thiazole rings is 1. The van der Waals surface area contributed by atoms with E-state index in [2.05, 4.69) is 10.3 Å². The summed E-state index contributed by atoms with van der Waals surface area (Å²) in [6.07, 6.45) is 2.95. The summed E-state index contributed by atoms with van der Waals surface area (Å²) in [6.45, 7) is 0.170. The fourth-order valence-corrected chi connectivity index (χ4v) is 2.72. The van der Waals surface area contributed by atoms with Gasteiger partial charge in [0.25, 0.3) is 0 Å². The molecule has 2 amide bonds. The van der Waals surface area contributed by atoms with Gasteiger partial charge in [-0.25, -0.2) is 9.37 Å². The number of hydrogen-bond donors (Lipinski definition) is 2. The number of nitrogens with one attached hydrogen (secondary N) is 1. The zero-order valence-electron chi connectivity index (χ0n) is 12.5. The predicted molar refractivity (Wildman–Crippen MR) is 86.2 cm³/mol. The molecule has 0 aliphatic heterocycles. The summed E-state index contributed by atoms with van der Waals surface area (Å²) in [7, 11) is 0. The van der Waals surface area contributed by atoms with Gasteiger partial charge in [0.1, 0.15) is 5.82 Å². The van der Waals surface area contributed by atoms with Gasteiger partial charge < -0.3 is 11.1 Å². The molecule has 7 heteroatoms. The standard InChI is InChI=1S/C16H18FN3O2S/c17-13-3-1-11(2-4-13)9-12(16(18)22)10-20-14(21)5-6-15-19-7-8-23-15/h1-4,7-8,12H,5-6,9-10H2,(H2,18,22)(H,20,21)/t12-/m1/s1. The molecular weight excluding hydrogens is 317 g/mol. The lowest BCUT2D eigenvalue weighted by Crippen LogP contribution is -2.37. The van der Waals surface area contributed by atoms with Crippen LogP contribution in [0.25, 0.3) is 0 Å². The summed E-state index contributed by atoms with van der Waals surface area (Å²) in [5.74, 6) is -1.50. The van der Waals surface area contributed by atoms with Crippen LogP contribution in [0.2, 0.25) is 0 Å². The fraction of sp³-hybridized carbons (Fsp3) is 0.312. The Morgan fingerprint density at radius 1 is 1.30 bits per heavy atom. The first-order chi connectivity index (χ1) is 11.0. The maximum atomic E-state index is 12.9. The van der Waals surface area contributed by atoms with E-state index in [4.69, 9.17) is 5.73 Å². The molecule has 1 heterocycles. The van der Waals surface area contributed by atoms with Crippen molar-refractivity contribution in [3.05, 3.63) is 52.2 Å². The third-order valence-corrected chi connectivity index (χ3v) is 4.23. The normalized spacial score (nSPS) is 11.9. The van der Waals surface area contributed by atoms with E-state index in [1.54, 1.807) is 18.3 Å².